The van der Waals surface area contributed by atoms with Crippen molar-refractivity contribution in [1.82, 2.24) is 4.90 Å². The quantitative estimate of drug-likeness (QED) is 0.334. The van der Waals surface area contributed by atoms with Gasteiger partial charge in [-0.3, -0.25) is 4.90 Å². The summed E-state index contributed by atoms with van der Waals surface area (Å²) in [5.41, 5.74) is 0.572. The zero-order chi connectivity index (χ0) is 15.9. The Balaban J connectivity index is 0.000000491. The maximum absolute atomic E-state index is 12.8. The monoisotopic (exact) mass is 320 g/mol. The van der Waals surface area contributed by atoms with E-state index in [1.54, 1.807) is 0 Å². The van der Waals surface area contributed by atoms with Crippen LogP contribution in [0.5, 0.6) is 0 Å². The molecule has 0 spiro atoms. The summed E-state index contributed by atoms with van der Waals surface area (Å²) in [5, 5.41) is 13.6. The summed E-state index contributed by atoms with van der Waals surface area (Å²) < 4.78 is 12.8. The van der Waals surface area contributed by atoms with Gasteiger partial charge in [0, 0.05) is 5.66 Å². The summed E-state index contributed by atoms with van der Waals surface area (Å²) in [6.45, 7) is 6.80. The van der Waals surface area contributed by atoms with Crippen LogP contribution >= 0.6 is 7.14 Å². The molecule has 0 radical (unpaired) electrons. The lowest BCUT2D eigenvalue weighted by Gasteiger charge is -2.13. The maximum Gasteiger partial charge on any atom is 0.291 e. The number of hydrogen-bond acceptors (Lipinski definition) is 4. The molecule has 0 aliphatic carbocycles. The molecule has 2 heterocycles. The van der Waals surface area contributed by atoms with Crippen molar-refractivity contribution in [3.63, 3.8) is 0 Å². The second-order valence-electron chi connectivity index (χ2n) is 5.98. The van der Waals surface area contributed by atoms with Crippen molar-refractivity contribution in [3.8, 4) is 0 Å². The summed E-state index contributed by atoms with van der Waals surface area (Å²) >= 11 is 0. The third-order valence-electron chi connectivity index (χ3n) is 4.63. The first-order valence-corrected chi connectivity index (χ1v) is 10.2. The Hall–Kier alpha value is -0.610. The Labute approximate surface area is 127 Å². The van der Waals surface area contributed by atoms with E-state index < -0.39 is 12.2 Å². The molecule has 2 aliphatic rings. The second-order valence-corrected chi connectivity index (χ2v) is 9.51. The Kier molecular flexibility index (Phi) is 7.67. The number of nitrogens with zero attached hydrogens (tertiary/aromatic N) is 2. The molecule has 2 aliphatic heterocycles. The van der Waals surface area contributed by atoms with Gasteiger partial charge in [0.25, 0.3) is 5.09 Å². The average molecular weight is 320 g/mol. The molecule has 1 N–H and O–H groups in total. The molecule has 2 saturated heterocycles. The molecule has 6 nitrogen and oxygen atoms in total. The molecule has 3 unspecified atom stereocenters. The van der Waals surface area contributed by atoms with Gasteiger partial charge in [-0.1, -0.05) is 39.5 Å². The number of rotatable bonds is 7. The van der Waals surface area contributed by atoms with E-state index in [1.807, 2.05) is 0 Å². The molecule has 0 aromatic heterocycles. The van der Waals surface area contributed by atoms with E-state index in [0.717, 1.165) is 6.16 Å². The molecule has 21 heavy (non-hydrogen) atoms. The molecular weight excluding hydrogens is 291 g/mol. The van der Waals surface area contributed by atoms with Gasteiger partial charge in [0.2, 0.25) is 0 Å². The predicted molar refractivity (Wildman–Crippen MR) is 84.1 cm³/mol. The van der Waals surface area contributed by atoms with Crippen LogP contribution in [0.2, 0.25) is 0 Å². The maximum atomic E-state index is 12.8. The standard InChI is InChI=1S/C14H28NOP.HNO3/c1-3-5-6-7-10-13-14(17(13,16)4-2)15-11-8-9-12-15;2-1(3)4/h13-14H,3-12H2,1-2H3;(H,2,3,4). The third-order valence-corrected chi connectivity index (χ3v) is 8.52. The van der Waals surface area contributed by atoms with E-state index in [-0.39, 0.29) is 0 Å². The highest BCUT2D eigenvalue weighted by molar-refractivity contribution is 7.73. The van der Waals surface area contributed by atoms with Gasteiger partial charge in [-0.2, -0.15) is 0 Å². The van der Waals surface area contributed by atoms with Crippen LogP contribution in [0.15, 0.2) is 0 Å². The van der Waals surface area contributed by atoms with Gasteiger partial charge in [-0.15, -0.1) is 10.1 Å². The first kappa shape index (κ1) is 18.4. The van der Waals surface area contributed by atoms with Crippen LogP contribution in [0.1, 0.15) is 58.8 Å². The molecule has 0 amide bonds. The zero-order valence-corrected chi connectivity index (χ0v) is 14.1. The number of hydrogen-bond donors (Lipinski definition) is 1. The lowest BCUT2D eigenvalue weighted by molar-refractivity contribution is -0.742. The summed E-state index contributed by atoms with van der Waals surface area (Å²) in [5.74, 6) is 0.497. The van der Waals surface area contributed by atoms with Gasteiger partial charge >= 0.3 is 0 Å². The molecule has 2 fully saturated rings. The van der Waals surface area contributed by atoms with Gasteiger partial charge in [0.15, 0.2) is 0 Å². The molecule has 0 aromatic rings. The van der Waals surface area contributed by atoms with Crippen LogP contribution in [0.4, 0.5) is 0 Å². The molecular formula is C14H29N2O4P. The Morgan fingerprint density at radius 3 is 2.29 bits per heavy atom. The van der Waals surface area contributed by atoms with E-state index in [9.17, 15) is 4.57 Å². The molecule has 0 aromatic carbocycles. The van der Waals surface area contributed by atoms with Gasteiger partial charge in [0.05, 0.1) is 5.78 Å². The molecule has 124 valence electrons. The van der Waals surface area contributed by atoms with E-state index in [2.05, 4.69) is 18.7 Å². The molecule has 0 saturated carbocycles. The first-order chi connectivity index (χ1) is 9.97. The minimum absolute atomic E-state index is 0.497. The van der Waals surface area contributed by atoms with Crippen molar-refractivity contribution >= 4 is 7.14 Å². The highest BCUT2D eigenvalue weighted by Crippen LogP contribution is 2.76. The van der Waals surface area contributed by atoms with Crippen LogP contribution in [-0.4, -0.2) is 45.9 Å². The number of likely N-dealkylation sites (tertiary alicyclic amines) is 1. The minimum Gasteiger partial charge on any atom is -0.328 e. The lowest BCUT2D eigenvalue weighted by Crippen LogP contribution is -2.24. The Bertz CT molecular complexity index is 368. The normalized spacial score (nSPS) is 31.5. The summed E-state index contributed by atoms with van der Waals surface area (Å²) in [7, 11) is -1.79. The average Bonchev–Trinajstić information content (AvgIpc) is 2.80. The summed E-state index contributed by atoms with van der Waals surface area (Å²) in [6, 6.07) is 0. The SMILES string of the molecule is CCCCCCC1C(N2CCCC2)P1(=O)CC.O=[N+]([O-])O. The first-order valence-electron chi connectivity index (χ1n) is 8.13. The van der Waals surface area contributed by atoms with E-state index in [4.69, 9.17) is 15.3 Å². The predicted octanol–water partition coefficient (Wildman–Crippen LogP) is 3.80. The van der Waals surface area contributed by atoms with Gasteiger partial charge < -0.3 is 9.77 Å². The highest BCUT2D eigenvalue weighted by atomic mass is 31.2. The van der Waals surface area contributed by atoms with Crippen molar-refractivity contribution < 1.29 is 14.9 Å². The second kappa shape index (κ2) is 8.74. The molecule has 2 rings (SSSR count). The van der Waals surface area contributed by atoms with Crippen LogP contribution in [0.25, 0.3) is 0 Å². The Morgan fingerprint density at radius 2 is 1.81 bits per heavy atom. The Morgan fingerprint density at radius 1 is 1.24 bits per heavy atom. The van der Waals surface area contributed by atoms with Gasteiger partial charge in [-0.05, 0) is 38.5 Å². The van der Waals surface area contributed by atoms with Crippen LogP contribution < -0.4 is 0 Å². The van der Waals surface area contributed by atoms with Crippen LogP contribution in [0.3, 0.4) is 0 Å². The van der Waals surface area contributed by atoms with Crippen LogP contribution in [0, 0.1) is 10.1 Å². The molecule has 7 heteroatoms. The molecule has 0 bridgehead atoms. The summed E-state index contributed by atoms with van der Waals surface area (Å²) in [6.07, 6.45) is 10.1. The fourth-order valence-electron chi connectivity index (χ4n) is 3.51. The van der Waals surface area contributed by atoms with E-state index >= 15 is 0 Å². The fourth-order valence-corrected chi connectivity index (χ4v) is 7.36. The van der Waals surface area contributed by atoms with Crippen molar-refractivity contribution in [2.24, 2.45) is 0 Å². The van der Waals surface area contributed by atoms with Crippen LogP contribution in [-0.2, 0) is 4.57 Å². The topological polar surface area (TPSA) is 83.7 Å². The van der Waals surface area contributed by atoms with Gasteiger partial charge in [0.1, 0.15) is 7.14 Å². The molecule has 3 atom stereocenters. The highest BCUT2D eigenvalue weighted by Gasteiger charge is 2.61. The van der Waals surface area contributed by atoms with Crippen molar-refractivity contribution in [2.45, 2.75) is 70.2 Å². The smallest absolute Gasteiger partial charge is 0.291 e. The van der Waals surface area contributed by atoms with Gasteiger partial charge in [-0.25, -0.2) is 0 Å². The van der Waals surface area contributed by atoms with E-state index in [0.29, 0.717) is 11.4 Å². The third kappa shape index (κ3) is 5.26. The number of unbranched alkanes of at least 4 members (excludes halogenated alkanes) is 3. The van der Waals surface area contributed by atoms with Crippen molar-refractivity contribution in [3.05, 3.63) is 10.1 Å². The largest absolute Gasteiger partial charge is 0.328 e. The minimum atomic E-state index is -1.79. The zero-order valence-electron chi connectivity index (χ0n) is 13.2. The van der Waals surface area contributed by atoms with Crippen molar-refractivity contribution in [2.75, 3.05) is 19.3 Å². The van der Waals surface area contributed by atoms with E-state index in [1.165, 1.54) is 58.0 Å². The summed E-state index contributed by atoms with van der Waals surface area (Å²) in [4.78, 5) is 10.9. The fraction of sp³-hybridized carbons (Fsp3) is 1.00. The lowest BCUT2D eigenvalue weighted by atomic mass is 10.1. The van der Waals surface area contributed by atoms with Crippen molar-refractivity contribution in [1.29, 1.82) is 0 Å².